The topological polar surface area (TPSA) is 33.1 Å². The normalized spacial score (nSPS) is 19.1. The summed E-state index contributed by atoms with van der Waals surface area (Å²) in [6, 6.07) is 16.5. The van der Waals surface area contributed by atoms with Crippen molar-refractivity contribution in [2.24, 2.45) is 0 Å². The number of thiocarbonyl (C=S) groups is 1. The maximum atomic E-state index is 6.14. The minimum atomic E-state index is -0.0412. The first-order chi connectivity index (χ1) is 13.9. The molecule has 1 aliphatic heterocycles. The molecule has 2 atom stereocenters. The van der Waals surface area contributed by atoms with Crippen LogP contribution in [0, 0.1) is 13.8 Å². The SMILES string of the molecule is Cc1cc([C@H]2[C@H](c3ccccn3)NC(=S)N2c2ccc(Cl)cc2)c(C)n1C(C)C. The molecule has 0 spiro atoms. The van der Waals surface area contributed by atoms with E-state index in [0.717, 1.165) is 11.4 Å². The van der Waals surface area contributed by atoms with Crippen molar-refractivity contribution in [2.75, 3.05) is 4.90 Å². The molecule has 29 heavy (non-hydrogen) atoms. The number of anilines is 1. The Bertz CT molecular complexity index is 1030. The van der Waals surface area contributed by atoms with Gasteiger partial charge in [-0.15, -0.1) is 0 Å². The molecule has 4 nitrogen and oxygen atoms in total. The average Bonchev–Trinajstić information content (AvgIpc) is 3.19. The predicted molar refractivity (Wildman–Crippen MR) is 124 cm³/mol. The highest BCUT2D eigenvalue weighted by Gasteiger charge is 2.42. The van der Waals surface area contributed by atoms with Gasteiger partial charge in [0.15, 0.2) is 5.11 Å². The van der Waals surface area contributed by atoms with Crippen molar-refractivity contribution in [1.29, 1.82) is 0 Å². The molecule has 3 heterocycles. The fourth-order valence-corrected chi connectivity index (χ4v) is 4.92. The molecule has 1 aromatic carbocycles. The molecule has 0 saturated carbocycles. The highest BCUT2D eigenvalue weighted by atomic mass is 35.5. The number of pyridine rings is 1. The summed E-state index contributed by atoms with van der Waals surface area (Å²) in [5.41, 5.74) is 5.76. The molecule has 0 radical (unpaired) electrons. The zero-order valence-electron chi connectivity index (χ0n) is 17.1. The largest absolute Gasteiger partial charge is 0.351 e. The van der Waals surface area contributed by atoms with Gasteiger partial charge in [-0.3, -0.25) is 4.98 Å². The Morgan fingerprint density at radius 1 is 1.10 bits per heavy atom. The van der Waals surface area contributed by atoms with E-state index in [1.54, 1.807) is 0 Å². The van der Waals surface area contributed by atoms with Crippen molar-refractivity contribution in [3.63, 3.8) is 0 Å². The number of hydrogen-bond donors (Lipinski definition) is 1. The van der Waals surface area contributed by atoms with Gasteiger partial charge in [0, 0.05) is 34.3 Å². The van der Waals surface area contributed by atoms with Gasteiger partial charge in [0.2, 0.25) is 0 Å². The predicted octanol–water partition coefficient (Wildman–Crippen LogP) is 5.91. The summed E-state index contributed by atoms with van der Waals surface area (Å²) >= 11 is 11.9. The number of nitrogens with one attached hydrogen (secondary N) is 1. The second-order valence-electron chi connectivity index (χ2n) is 7.76. The summed E-state index contributed by atoms with van der Waals surface area (Å²) in [5.74, 6) is 0. The van der Waals surface area contributed by atoms with Crippen molar-refractivity contribution in [1.82, 2.24) is 14.9 Å². The highest BCUT2D eigenvalue weighted by Crippen LogP contribution is 2.43. The van der Waals surface area contributed by atoms with Crippen LogP contribution in [-0.2, 0) is 0 Å². The first-order valence-electron chi connectivity index (χ1n) is 9.83. The van der Waals surface area contributed by atoms with Crippen LogP contribution in [0.5, 0.6) is 0 Å². The van der Waals surface area contributed by atoms with E-state index >= 15 is 0 Å². The van der Waals surface area contributed by atoms with Crippen molar-refractivity contribution >= 4 is 34.6 Å². The third kappa shape index (κ3) is 3.53. The van der Waals surface area contributed by atoms with Gasteiger partial charge in [0.1, 0.15) is 0 Å². The van der Waals surface area contributed by atoms with Crippen molar-refractivity contribution in [3.05, 3.63) is 82.4 Å². The number of rotatable bonds is 4. The van der Waals surface area contributed by atoms with Gasteiger partial charge < -0.3 is 14.8 Å². The van der Waals surface area contributed by atoms with Crippen LogP contribution in [0.4, 0.5) is 5.69 Å². The summed E-state index contributed by atoms with van der Waals surface area (Å²) in [5, 5.41) is 4.93. The molecule has 6 heteroatoms. The summed E-state index contributed by atoms with van der Waals surface area (Å²) in [7, 11) is 0. The Balaban J connectivity index is 1.88. The fraction of sp³-hybridized carbons (Fsp3) is 0.304. The van der Waals surface area contributed by atoms with Gasteiger partial charge in [-0.25, -0.2) is 0 Å². The lowest BCUT2D eigenvalue weighted by Gasteiger charge is -2.28. The first-order valence-corrected chi connectivity index (χ1v) is 10.6. The molecule has 1 aliphatic rings. The van der Waals surface area contributed by atoms with Crippen molar-refractivity contribution in [2.45, 2.75) is 45.8 Å². The van der Waals surface area contributed by atoms with E-state index in [1.807, 2.05) is 42.6 Å². The zero-order chi connectivity index (χ0) is 20.7. The molecule has 150 valence electrons. The second kappa shape index (κ2) is 7.81. The van der Waals surface area contributed by atoms with Gasteiger partial charge in [0.25, 0.3) is 0 Å². The molecule has 2 aromatic heterocycles. The lowest BCUT2D eigenvalue weighted by atomic mass is 9.96. The summed E-state index contributed by atoms with van der Waals surface area (Å²) in [6.07, 6.45) is 1.83. The van der Waals surface area contributed by atoms with Gasteiger partial charge in [-0.05, 0) is 87.9 Å². The standard InChI is InChI=1S/C23H25ClN4S/c1-14(2)27-15(3)13-19(16(27)4)22-21(20-7-5-6-12-25-20)26-23(29)28(22)18-10-8-17(24)9-11-18/h5-14,21-22H,1-4H3,(H,26,29)/t21-,22-/m0/s1. The average molecular weight is 425 g/mol. The highest BCUT2D eigenvalue weighted by molar-refractivity contribution is 7.80. The summed E-state index contributed by atoms with van der Waals surface area (Å²) < 4.78 is 2.38. The van der Waals surface area contributed by atoms with E-state index in [9.17, 15) is 0 Å². The fourth-order valence-electron chi connectivity index (χ4n) is 4.45. The van der Waals surface area contributed by atoms with Crippen LogP contribution in [0.15, 0.2) is 54.7 Å². The van der Waals surface area contributed by atoms with E-state index in [-0.39, 0.29) is 12.1 Å². The molecule has 1 saturated heterocycles. The van der Waals surface area contributed by atoms with E-state index in [4.69, 9.17) is 23.8 Å². The van der Waals surface area contributed by atoms with Gasteiger partial charge >= 0.3 is 0 Å². The molecule has 0 bridgehead atoms. The van der Waals surface area contributed by atoms with Crippen LogP contribution < -0.4 is 10.2 Å². The van der Waals surface area contributed by atoms with Gasteiger partial charge in [-0.1, -0.05) is 17.7 Å². The minimum Gasteiger partial charge on any atom is -0.351 e. The third-order valence-corrected chi connectivity index (χ3v) is 6.13. The number of aryl methyl sites for hydroxylation is 1. The van der Waals surface area contributed by atoms with Crippen molar-refractivity contribution in [3.8, 4) is 0 Å². The third-order valence-electron chi connectivity index (χ3n) is 5.56. The Hall–Kier alpha value is -2.37. The molecule has 1 N–H and O–H groups in total. The molecule has 4 rings (SSSR count). The van der Waals surface area contributed by atoms with Crippen LogP contribution in [0.25, 0.3) is 0 Å². The maximum absolute atomic E-state index is 6.14. The second-order valence-corrected chi connectivity index (χ2v) is 8.59. The summed E-state index contributed by atoms with van der Waals surface area (Å²) in [4.78, 5) is 6.82. The van der Waals surface area contributed by atoms with Crippen LogP contribution in [0.2, 0.25) is 5.02 Å². The van der Waals surface area contributed by atoms with Crippen LogP contribution in [0.3, 0.4) is 0 Å². The number of halogens is 1. The molecular formula is C23H25ClN4S. The van der Waals surface area contributed by atoms with E-state index < -0.39 is 0 Å². The molecule has 0 aliphatic carbocycles. The van der Waals surface area contributed by atoms with Gasteiger partial charge in [0.05, 0.1) is 17.8 Å². The molecule has 0 unspecified atom stereocenters. The number of nitrogens with zero attached hydrogens (tertiary/aromatic N) is 3. The Morgan fingerprint density at radius 3 is 2.41 bits per heavy atom. The van der Waals surface area contributed by atoms with Crippen LogP contribution in [0.1, 0.15) is 54.6 Å². The first kappa shape index (κ1) is 19.9. The van der Waals surface area contributed by atoms with Crippen LogP contribution in [-0.4, -0.2) is 14.7 Å². The van der Waals surface area contributed by atoms with E-state index in [2.05, 4.69) is 59.6 Å². The Morgan fingerprint density at radius 2 is 1.83 bits per heavy atom. The van der Waals surface area contributed by atoms with E-state index in [1.165, 1.54) is 17.0 Å². The monoisotopic (exact) mass is 424 g/mol. The molecular weight excluding hydrogens is 400 g/mol. The summed E-state index contributed by atoms with van der Waals surface area (Å²) in [6.45, 7) is 8.79. The molecule has 0 amide bonds. The molecule has 1 fully saturated rings. The lowest BCUT2D eigenvalue weighted by molar-refractivity contribution is 0.547. The minimum absolute atomic E-state index is 0.00252. The Labute approximate surface area is 182 Å². The van der Waals surface area contributed by atoms with E-state index in [0.29, 0.717) is 16.2 Å². The maximum Gasteiger partial charge on any atom is 0.174 e. The number of aromatic nitrogens is 2. The quantitative estimate of drug-likeness (QED) is 0.527. The number of hydrogen-bond acceptors (Lipinski definition) is 2. The van der Waals surface area contributed by atoms with Crippen LogP contribution >= 0.6 is 23.8 Å². The zero-order valence-corrected chi connectivity index (χ0v) is 18.6. The Kier molecular flexibility index (Phi) is 5.36. The molecule has 3 aromatic rings. The van der Waals surface area contributed by atoms with Crippen molar-refractivity contribution < 1.29 is 0 Å². The lowest BCUT2D eigenvalue weighted by Crippen LogP contribution is -2.29. The number of benzene rings is 1. The smallest absolute Gasteiger partial charge is 0.174 e. The van der Waals surface area contributed by atoms with Gasteiger partial charge in [-0.2, -0.15) is 0 Å².